The Kier molecular flexibility index (Phi) is 2.65. The molecule has 3 aromatic rings. The summed E-state index contributed by atoms with van der Waals surface area (Å²) in [6.45, 7) is 3.75. The number of hydrogen-bond acceptors (Lipinski definition) is 4. The Hall–Kier alpha value is -2.12. The topological polar surface area (TPSA) is 49.8 Å². The highest BCUT2D eigenvalue weighted by Crippen LogP contribution is 2.34. The van der Waals surface area contributed by atoms with E-state index >= 15 is 0 Å². The van der Waals surface area contributed by atoms with Gasteiger partial charge in [-0.05, 0) is 19.9 Å². The van der Waals surface area contributed by atoms with Gasteiger partial charge in [0.05, 0.1) is 22.7 Å². The van der Waals surface area contributed by atoms with Crippen molar-refractivity contribution in [3.05, 3.63) is 41.6 Å². The highest BCUT2D eigenvalue weighted by atomic mass is 32.1. The van der Waals surface area contributed by atoms with Crippen LogP contribution in [0.1, 0.15) is 19.5 Å². The third-order valence-electron chi connectivity index (χ3n) is 3.14. The second-order valence-corrected chi connectivity index (χ2v) is 5.78. The van der Waals surface area contributed by atoms with Gasteiger partial charge >= 0.3 is 0 Å². The summed E-state index contributed by atoms with van der Waals surface area (Å²) in [6, 6.07) is 10.2. The molecule has 4 heteroatoms. The first kappa shape index (κ1) is 11.9. The van der Waals surface area contributed by atoms with Crippen molar-refractivity contribution in [2.75, 3.05) is 0 Å². The lowest BCUT2D eigenvalue weighted by Crippen LogP contribution is -2.14. The molecular weight excluding hydrogens is 256 g/mol. The number of nitrogens with zero attached hydrogens (tertiary/aromatic N) is 2. The van der Waals surface area contributed by atoms with Crippen LogP contribution in [0.4, 0.5) is 0 Å². The SMILES string of the molecule is CC(C)(C#N)c1csc(-c2coc3ccccc23)n1. The molecule has 0 amide bonds. The molecule has 19 heavy (non-hydrogen) atoms. The number of para-hydroxylation sites is 1. The van der Waals surface area contributed by atoms with Crippen molar-refractivity contribution < 1.29 is 4.42 Å². The zero-order valence-corrected chi connectivity index (χ0v) is 11.5. The fourth-order valence-electron chi connectivity index (χ4n) is 1.89. The van der Waals surface area contributed by atoms with Crippen LogP contribution in [0.25, 0.3) is 21.5 Å². The van der Waals surface area contributed by atoms with E-state index in [1.54, 1.807) is 17.6 Å². The fraction of sp³-hybridized carbons (Fsp3) is 0.200. The standard InChI is InChI=1S/C15H12N2OS/c1-15(2,9-16)13-8-19-14(17-13)11-7-18-12-6-4-3-5-10(11)12/h3-8H,1-2H3. The van der Waals surface area contributed by atoms with Gasteiger partial charge in [-0.3, -0.25) is 0 Å². The van der Waals surface area contributed by atoms with Crippen molar-refractivity contribution in [1.29, 1.82) is 5.26 Å². The minimum atomic E-state index is -0.561. The summed E-state index contributed by atoms with van der Waals surface area (Å²) in [6.07, 6.45) is 1.73. The molecule has 3 rings (SSSR count). The number of rotatable bonds is 2. The first-order valence-electron chi connectivity index (χ1n) is 5.96. The van der Waals surface area contributed by atoms with Crippen LogP contribution in [0.2, 0.25) is 0 Å². The molecule has 0 fully saturated rings. The number of furan rings is 1. The molecule has 0 radical (unpaired) electrons. The van der Waals surface area contributed by atoms with Gasteiger partial charge in [-0.2, -0.15) is 5.26 Å². The Labute approximate surface area is 115 Å². The predicted molar refractivity (Wildman–Crippen MR) is 76.0 cm³/mol. The van der Waals surface area contributed by atoms with Gasteiger partial charge in [0.2, 0.25) is 0 Å². The number of thiazole rings is 1. The lowest BCUT2D eigenvalue weighted by atomic mass is 9.92. The minimum Gasteiger partial charge on any atom is -0.464 e. The van der Waals surface area contributed by atoms with Crippen LogP contribution in [-0.4, -0.2) is 4.98 Å². The van der Waals surface area contributed by atoms with Crippen molar-refractivity contribution in [3.63, 3.8) is 0 Å². The lowest BCUT2D eigenvalue weighted by molar-refractivity contribution is 0.616. The maximum Gasteiger partial charge on any atom is 0.134 e. The summed E-state index contributed by atoms with van der Waals surface area (Å²) >= 11 is 1.54. The van der Waals surface area contributed by atoms with Gasteiger partial charge < -0.3 is 4.42 Å². The summed E-state index contributed by atoms with van der Waals surface area (Å²) in [7, 11) is 0. The quantitative estimate of drug-likeness (QED) is 0.694. The molecule has 0 aliphatic heterocycles. The van der Waals surface area contributed by atoms with Crippen LogP contribution < -0.4 is 0 Å². The third kappa shape index (κ3) is 1.92. The van der Waals surface area contributed by atoms with E-state index in [0.29, 0.717) is 0 Å². The van der Waals surface area contributed by atoms with Crippen LogP contribution in [0.3, 0.4) is 0 Å². The molecule has 0 unspecified atom stereocenters. The zero-order chi connectivity index (χ0) is 13.5. The van der Waals surface area contributed by atoms with E-state index in [9.17, 15) is 0 Å². The van der Waals surface area contributed by atoms with Gasteiger partial charge in [0.1, 0.15) is 16.9 Å². The second kappa shape index (κ2) is 4.22. The van der Waals surface area contributed by atoms with Crippen molar-refractivity contribution in [2.24, 2.45) is 0 Å². The highest BCUT2D eigenvalue weighted by molar-refractivity contribution is 7.13. The number of fused-ring (bicyclic) bond motifs is 1. The normalized spacial score (nSPS) is 11.6. The van der Waals surface area contributed by atoms with E-state index < -0.39 is 5.41 Å². The molecule has 0 atom stereocenters. The number of aromatic nitrogens is 1. The van der Waals surface area contributed by atoms with Crippen LogP contribution >= 0.6 is 11.3 Å². The smallest absolute Gasteiger partial charge is 0.134 e. The van der Waals surface area contributed by atoms with Crippen molar-refractivity contribution >= 4 is 22.3 Å². The molecule has 94 valence electrons. The van der Waals surface area contributed by atoms with Gasteiger partial charge in [0.25, 0.3) is 0 Å². The van der Waals surface area contributed by atoms with E-state index in [4.69, 9.17) is 9.68 Å². The Balaban J connectivity index is 2.11. The van der Waals surface area contributed by atoms with E-state index in [0.717, 1.165) is 27.2 Å². The molecule has 1 aromatic carbocycles. The van der Waals surface area contributed by atoms with Gasteiger partial charge in [-0.25, -0.2) is 4.98 Å². The van der Waals surface area contributed by atoms with Gasteiger partial charge in [0, 0.05) is 10.8 Å². The first-order valence-corrected chi connectivity index (χ1v) is 6.83. The van der Waals surface area contributed by atoms with Gasteiger partial charge in [-0.1, -0.05) is 18.2 Å². The molecule has 2 heterocycles. The van der Waals surface area contributed by atoms with Crippen LogP contribution in [-0.2, 0) is 5.41 Å². The summed E-state index contributed by atoms with van der Waals surface area (Å²) in [5.74, 6) is 0. The summed E-state index contributed by atoms with van der Waals surface area (Å²) in [5, 5.41) is 13.0. The molecule has 0 spiro atoms. The zero-order valence-electron chi connectivity index (χ0n) is 10.7. The summed E-state index contributed by atoms with van der Waals surface area (Å²) in [4.78, 5) is 4.58. The third-order valence-corrected chi connectivity index (χ3v) is 4.01. The summed E-state index contributed by atoms with van der Waals surface area (Å²) in [5.41, 5.74) is 2.09. The maximum absolute atomic E-state index is 9.16. The van der Waals surface area contributed by atoms with Gasteiger partial charge in [0.15, 0.2) is 0 Å². The average Bonchev–Trinajstić information content (AvgIpc) is 3.05. The number of benzene rings is 1. The van der Waals surface area contributed by atoms with Crippen molar-refractivity contribution in [3.8, 4) is 16.6 Å². The minimum absolute atomic E-state index is 0.561. The lowest BCUT2D eigenvalue weighted by Gasteiger charge is -2.10. The monoisotopic (exact) mass is 268 g/mol. The molecule has 0 aliphatic rings. The molecule has 0 saturated heterocycles. The number of nitriles is 1. The number of hydrogen-bond donors (Lipinski definition) is 0. The average molecular weight is 268 g/mol. The van der Waals surface area contributed by atoms with Crippen molar-refractivity contribution in [2.45, 2.75) is 19.3 Å². The molecule has 0 N–H and O–H groups in total. The Morgan fingerprint density at radius 1 is 1.32 bits per heavy atom. The highest BCUT2D eigenvalue weighted by Gasteiger charge is 2.24. The Morgan fingerprint density at radius 2 is 2.11 bits per heavy atom. The van der Waals surface area contributed by atoms with E-state index in [-0.39, 0.29) is 0 Å². The molecule has 0 saturated carbocycles. The van der Waals surface area contributed by atoms with E-state index in [2.05, 4.69) is 11.1 Å². The molecule has 2 aromatic heterocycles. The van der Waals surface area contributed by atoms with Crippen LogP contribution in [0.5, 0.6) is 0 Å². The Morgan fingerprint density at radius 3 is 2.89 bits per heavy atom. The molecule has 3 nitrogen and oxygen atoms in total. The molecule has 0 aliphatic carbocycles. The largest absolute Gasteiger partial charge is 0.464 e. The Bertz CT molecular complexity index is 777. The van der Waals surface area contributed by atoms with Crippen LogP contribution in [0, 0.1) is 11.3 Å². The van der Waals surface area contributed by atoms with Crippen molar-refractivity contribution in [1.82, 2.24) is 4.98 Å². The maximum atomic E-state index is 9.16. The van der Waals surface area contributed by atoms with E-state index in [1.165, 1.54) is 0 Å². The van der Waals surface area contributed by atoms with E-state index in [1.807, 2.05) is 43.5 Å². The molecular formula is C15H12N2OS. The first-order chi connectivity index (χ1) is 9.12. The van der Waals surface area contributed by atoms with Gasteiger partial charge in [-0.15, -0.1) is 11.3 Å². The predicted octanol–water partition coefficient (Wildman–Crippen LogP) is 4.36. The summed E-state index contributed by atoms with van der Waals surface area (Å²) < 4.78 is 5.53. The van der Waals surface area contributed by atoms with Crippen LogP contribution in [0.15, 0.2) is 40.3 Å². The fourth-order valence-corrected chi connectivity index (χ4v) is 2.89. The molecule has 0 bridgehead atoms. The second-order valence-electron chi connectivity index (χ2n) is 4.92.